The summed E-state index contributed by atoms with van der Waals surface area (Å²) in [4.78, 5) is 17.7. The number of thioether (sulfide) groups is 1. The Hall–Kier alpha value is -2.62. The van der Waals surface area contributed by atoms with Crippen LogP contribution in [0.2, 0.25) is 0 Å². The molecule has 9 heteroatoms. The normalized spacial score (nSPS) is 18.5. The van der Waals surface area contributed by atoms with Crippen molar-refractivity contribution in [1.29, 1.82) is 0 Å². The van der Waals surface area contributed by atoms with Gasteiger partial charge in [0.25, 0.3) is 0 Å². The van der Waals surface area contributed by atoms with Crippen molar-refractivity contribution >= 4 is 23.4 Å². The fraction of sp³-hybridized carbons (Fsp3) is 0.435. The van der Waals surface area contributed by atoms with Gasteiger partial charge in [-0.15, -0.1) is 11.8 Å². The van der Waals surface area contributed by atoms with Crippen LogP contribution in [-0.2, 0) is 0 Å². The van der Waals surface area contributed by atoms with Gasteiger partial charge in [0.1, 0.15) is 18.0 Å². The van der Waals surface area contributed by atoms with E-state index in [1.807, 2.05) is 6.20 Å². The van der Waals surface area contributed by atoms with Crippen molar-refractivity contribution in [2.24, 2.45) is 0 Å². The zero-order chi connectivity index (χ0) is 21.9. The zero-order valence-electron chi connectivity index (χ0n) is 18.4. The number of nitrogens with two attached hydrogens (primary N) is 1. The van der Waals surface area contributed by atoms with E-state index >= 15 is 0 Å². The van der Waals surface area contributed by atoms with E-state index in [0.717, 1.165) is 49.7 Å². The second-order valence-electron chi connectivity index (χ2n) is 8.41. The van der Waals surface area contributed by atoms with Gasteiger partial charge in [-0.2, -0.15) is 5.10 Å². The topological polar surface area (TPSA) is 90.2 Å². The Morgan fingerprint density at radius 1 is 1.06 bits per heavy atom. The number of H-pyrrole nitrogens is 1. The van der Waals surface area contributed by atoms with Crippen molar-refractivity contribution < 1.29 is 0 Å². The fourth-order valence-electron chi connectivity index (χ4n) is 4.61. The molecule has 2 aromatic heterocycles. The molecule has 32 heavy (non-hydrogen) atoms. The Balaban J connectivity index is 1.34. The smallest absolute Gasteiger partial charge is 0.142 e. The highest BCUT2D eigenvalue weighted by molar-refractivity contribution is 7.98. The van der Waals surface area contributed by atoms with Crippen molar-refractivity contribution in [2.75, 3.05) is 62.7 Å². The lowest BCUT2D eigenvalue weighted by Crippen LogP contribution is -2.51. The Morgan fingerprint density at radius 3 is 2.47 bits per heavy atom. The third-order valence-electron chi connectivity index (χ3n) is 6.58. The predicted molar refractivity (Wildman–Crippen MR) is 130 cm³/mol. The average Bonchev–Trinajstić information content (AvgIpc) is 3.33. The van der Waals surface area contributed by atoms with Gasteiger partial charge in [-0.05, 0) is 43.5 Å². The molecule has 0 spiro atoms. The molecule has 1 atom stereocenters. The Kier molecular flexibility index (Phi) is 6.29. The molecule has 3 aromatic rings. The molecule has 0 bridgehead atoms. The van der Waals surface area contributed by atoms with Crippen LogP contribution < -0.4 is 10.6 Å². The Morgan fingerprint density at radius 2 is 1.84 bits per heavy atom. The summed E-state index contributed by atoms with van der Waals surface area (Å²) < 4.78 is 0. The van der Waals surface area contributed by atoms with Crippen molar-refractivity contribution in [3.8, 4) is 11.1 Å². The number of likely N-dealkylation sites (tertiary alicyclic amines) is 1. The highest BCUT2D eigenvalue weighted by atomic mass is 32.2. The Bertz CT molecular complexity index is 1010. The molecule has 2 saturated heterocycles. The van der Waals surface area contributed by atoms with Crippen molar-refractivity contribution in [1.82, 2.24) is 30.0 Å². The van der Waals surface area contributed by atoms with Gasteiger partial charge in [-0.3, -0.25) is 10.00 Å². The second kappa shape index (κ2) is 9.48. The first kappa shape index (κ1) is 21.2. The third kappa shape index (κ3) is 4.32. The molecule has 0 amide bonds. The van der Waals surface area contributed by atoms with E-state index in [-0.39, 0.29) is 0 Å². The highest BCUT2D eigenvalue weighted by Gasteiger charge is 2.30. The van der Waals surface area contributed by atoms with Gasteiger partial charge in [0.15, 0.2) is 0 Å². The first-order valence-corrected chi connectivity index (χ1v) is 12.4. The lowest BCUT2D eigenvalue weighted by atomic mass is 10.0. The van der Waals surface area contributed by atoms with E-state index < -0.39 is 0 Å². The van der Waals surface area contributed by atoms with Crippen LogP contribution in [-0.4, -0.2) is 82.0 Å². The van der Waals surface area contributed by atoms with Crippen molar-refractivity contribution in [3.63, 3.8) is 0 Å². The van der Waals surface area contributed by atoms with Crippen molar-refractivity contribution in [2.45, 2.75) is 17.4 Å². The number of hydrogen-bond acceptors (Lipinski definition) is 8. The number of nitrogen functional groups attached to an aromatic ring is 1. The van der Waals surface area contributed by atoms with Gasteiger partial charge in [0, 0.05) is 55.4 Å². The zero-order valence-corrected chi connectivity index (χ0v) is 19.3. The first-order chi connectivity index (χ1) is 15.7. The number of rotatable bonds is 7. The van der Waals surface area contributed by atoms with Gasteiger partial charge in [-0.1, -0.05) is 12.1 Å². The summed E-state index contributed by atoms with van der Waals surface area (Å²) in [6, 6.07) is 9.54. The summed E-state index contributed by atoms with van der Waals surface area (Å²) in [7, 11) is 0. The molecule has 2 fully saturated rings. The molecule has 5 rings (SSSR count). The number of anilines is 2. The minimum Gasteiger partial charge on any atom is -0.383 e. The monoisotopic (exact) mass is 450 g/mol. The SMILES string of the molecule is CSc1ccc(C(CN2CCC2)N2CCN(c3ncnc(N)c3-c3cn[nH]c3)CC2)cc1. The number of aromatic nitrogens is 4. The molecule has 0 saturated carbocycles. The van der Waals surface area contributed by atoms with Gasteiger partial charge < -0.3 is 15.5 Å². The molecule has 4 heterocycles. The average molecular weight is 451 g/mol. The van der Waals surface area contributed by atoms with E-state index in [4.69, 9.17) is 5.73 Å². The van der Waals surface area contributed by atoms with Gasteiger partial charge in [-0.25, -0.2) is 9.97 Å². The summed E-state index contributed by atoms with van der Waals surface area (Å²) in [5.41, 5.74) is 9.43. The van der Waals surface area contributed by atoms with Crippen LogP contribution in [0.5, 0.6) is 0 Å². The molecule has 1 unspecified atom stereocenters. The predicted octanol–water partition coefficient (Wildman–Crippen LogP) is 2.74. The van der Waals surface area contributed by atoms with Crippen LogP contribution in [0.25, 0.3) is 11.1 Å². The first-order valence-electron chi connectivity index (χ1n) is 11.2. The summed E-state index contributed by atoms with van der Waals surface area (Å²) in [5, 5.41) is 6.95. The third-order valence-corrected chi connectivity index (χ3v) is 7.32. The van der Waals surface area contributed by atoms with Crippen molar-refractivity contribution in [3.05, 3.63) is 48.5 Å². The molecule has 1 aromatic carbocycles. The maximum atomic E-state index is 6.23. The van der Waals surface area contributed by atoms with E-state index in [1.165, 1.54) is 30.0 Å². The molecule has 168 valence electrons. The fourth-order valence-corrected chi connectivity index (χ4v) is 5.01. The molecular formula is C23H30N8S. The minimum absolute atomic E-state index is 0.414. The molecule has 2 aliphatic rings. The summed E-state index contributed by atoms with van der Waals surface area (Å²) in [6.07, 6.45) is 8.62. The van der Waals surface area contributed by atoms with E-state index in [0.29, 0.717) is 11.9 Å². The van der Waals surface area contributed by atoms with Crippen LogP contribution in [0.4, 0.5) is 11.6 Å². The number of piperazine rings is 1. The number of nitrogens with one attached hydrogen (secondary N) is 1. The van der Waals surface area contributed by atoms with Gasteiger partial charge in [0.2, 0.25) is 0 Å². The maximum absolute atomic E-state index is 6.23. The molecular weight excluding hydrogens is 420 g/mol. The highest BCUT2D eigenvalue weighted by Crippen LogP contribution is 2.34. The minimum atomic E-state index is 0.414. The standard InChI is InChI=1S/C23H30N8S/c1-32-19-5-3-17(4-6-19)20(15-29-7-2-8-29)30-9-11-31(12-10-30)23-21(18-13-27-28-14-18)22(24)25-16-26-23/h3-6,13-14,16,20H,2,7-12,15H2,1H3,(H,27,28)(H2,24,25,26). The Labute approximate surface area is 193 Å². The largest absolute Gasteiger partial charge is 0.383 e. The number of hydrogen-bond donors (Lipinski definition) is 2. The van der Waals surface area contributed by atoms with Crippen LogP contribution in [0, 0.1) is 0 Å². The molecule has 0 aliphatic carbocycles. The van der Waals surface area contributed by atoms with E-state index in [2.05, 4.69) is 65.4 Å². The molecule has 0 radical (unpaired) electrons. The lowest BCUT2D eigenvalue weighted by molar-refractivity contribution is 0.0966. The summed E-state index contributed by atoms with van der Waals surface area (Å²) >= 11 is 1.79. The van der Waals surface area contributed by atoms with E-state index in [9.17, 15) is 0 Å². The summed E-state index contributed by atoms with van der Waals surface area (Å²) in [5.74, 6) is 1.38. The quantitative estimate of drug-likeness (QED) is 0.531. The van der Waals surface area contributed by atoms with Crippen LogP contribution in [0.1, 0.15) is 18.0 Å². The summed E-state index contributed by atoms with van der Waals surface area (Å²) in [6.45, 7) is 7.30. The number of aromatic amines is 1. The number of benzene rings is 1. The maximum Gasteiger partial charge on any atom is 0.142 e. The van der Waals surface area contributed by atoms with Crippen LogP contribution in [0.3, 0.4) is 0 Å². The van der Waals surface area contributed by atoms with Gasteiger partial charge in [0.05, 0.1) is 11.8 Å². The lowest BCUT2D eigenvalue weighted by Gasteiger charge is -2.43. The number of nitrogens with zero attached hydrogens (tertiary/aromatic N) is 6. The molecule has 2 aliphatic heterocycles. The van der Waals surface area contributed by atoms with Crippen LogP contribution in [0.15, 0.2) is 47.9 Å². The molecule has 8 nitrogen and oxygen atoms in total. The van der Waals surface area contributed by atoms with Gasteiger partial charge >= 0.3 is 0 Å². The second-order valence-corrected chi connectivity index (χ2v) is 9.29. The van der Waals surface area contributed by atoms with Crippen LogP contribution >= 0.6 is 11.8 Å². The van der Waals surface area contributed by atoms with E-state index in [1.54, 1.807) is 24.3 Å². The molecule has 3 N–H and O–H groups in total.